The van der Waals surface area contributed by atoms with Gasteiger partial charge in [0.1, 0.15) is 5.69 Å². The topological polar surface area (TPSA) is 42.7 Å². The summed E-state index contributed by atoms with van der Waals surface area (Å²) in [5.41, 5.74) is 4.59. The summed E-state index contributed by atoms with van der Waals surface area (Å²) in [5.74, 6) is 0. The second kappa shape index (κ2) is 7.36. The van der Waals surface area contributed by atoms with Crippen LogP contribution in [-0.4, -0.2) is 21.5 Å². The van der Waals surface area contributed by atoms with E-state index in [1.54, 1.807) is 0 Å². The molecule has 0 fully saturated rings. The fourth-order valence-electron chi connectivity index (χ4n) is 2.57. The third kappa shape index (κ3) is 3.70. The van der Waals surface area contributed by atoms with E-state index >= 15 is 0 Å². The molecule has 0 radical (unpaired) electrons. The first-order valence-electron chi connectivity index (χ1n) is 7.92. The first-order valence-corrected chi connectivity index (χ1v) is 7.92. The fraction of sp³-hybridized carbons (Fsp3) is 0.529. The van der Waals surface area contributed by atoms with Gasteiger partial charge in [0.15, 0.2) is 0 Å². The smallest absolute Gasteiger partial charge is 0.103 e. The molecule has 0 amide bonds. The number of aromatic nitrogens is 3. The molecule has 1 aromatic carbocycles. The monoisotopic (exact) mass is 286 g/mol. The SMILES string of the molecule is CCCCc1ccc(-n2nnc(C(C)NCC)c2C)cc1. The molecule has 4 heteroatoms. The van der Waals surface area contributed by atoms with Gasteiger partial charge in [0.05, 0.1) is 17.4 Å². The number of unbranched alkanes of at least 4 members (excludes halogenated alkanes) is 1. The van der Waals surface area contributed by atoms with Crippen molar-refractivity contribution in [3.63, 3.8) is 0 Å². The maximum absolute atomic E-state index is 4.33. The number of aryl methyl sites for hydroxylation is 1. The Kier molecular flexibility index (Phi) is 5.51. The Morgan fingerprint density at radius 1 is 1.19 bits per heavy atom. The number of benzene rings is 1. The maximum atomic E-state index is 4.33. The molecule has 1 N–H and O–H groups in total. The van der Waals surface area contributed by atoms with Crippen molar-refractivity contribution < 1.29 is 0 Å². The second-order valence-electron chi connectivity index (χ2n) is 5.52. The number of hydrogen-bond acceptors (Lipinski definition) is 3. The van der Waals surface area contributed by atoms with Gasteiger partial charge in [-0.1, -0.05) is 37.6 Å². The zero-order chi connectivity index (χ0) is 15.2. The standard InChI is InChI=1S/C17H26N4/c1-5-7-8-15-9-11-16(12-10-15)21-14(4)17(19-20-21)13(3)18-6-2/h9-13,18H,5-8H2,1-4H3. The maximum Gasteiger partial charge on any atom is 0.103 e. The predicted molar refractivity (Wildman–Crippen MR) is 86.8 cm³/mol. The molecule has 2 rings (SSSR count). The van der Waals surface area contributed by atoms with Crippen molar-refractivity contribution in [3.05, 3.63) is 41.2 Å². The third-order valence-corrected chi connectivity index (χ3v) is 3.85. The van der Waals surface area contributed by atoms with E-state index in [0.717, 1.165) is 30.0 Å². The van der Waals surface area contributed by atoms with E-state index in [-0.39, 0.29) is 6.04 Å². The van der Waals surface area contributed by atoms with Gasteiger partial charge < -0.3 is 5.32 Å². The lowest BCUT2D eigenvalue weighted by molar-refractivity contribution is 0.579. The molecule has 21 heavy (non-hydrogen) atoms. The van der Waals surface area contributed by atoms with Crippen molar-refractivity contribution in [2.75, 3.05) is 6.54 Å². The number of nitrogens with zero attached hydrogens (tertiary/aromatic N) is 3. The summed E-state index contributed by atoms with van der Waals surface area (Å²) in [6.07, 6.45) is 3.62. The van der Waals surface area contributed by atoms with Crippen molar-refractivity contribution >= 4 is 0 Å². The molecule has 0 aliphatic heterocycles. The van der Waals surface area contributed by atoms with E-state index in [0.29, 0.717) is 0 Å². The molecule has 4 nitrogen and oxygen atoms in total. The van der Waals surface area contributed by atoms with Gasteiger partial charge in [-0.3, -0.25) is 0 Å². The van der Waals surface area contributed by atoms with E-state index in [1.165, 1.54) is 18.4 Å². The lowest BCUT2D eigenvalue weighted by Crippen LogP contribution is -2.19. The Hall–Kier alpha value is -1.68. The molecular formula is C17H26N4. The minimum atomic E-state index is 0.229. The molecule has 0 aliphatic carbocycles. The Labute approximate surface area is 127 Å². The summed E-state index contributed by atoms with van der Waals surface area (Å²) in [6.45, 7) is 9.46. The van der Waals surface area contributed by atoms with Gasteiger partial charge >= 0.3 is 0 Å². The van der Waals surface area contributed by atoms with Crippen LogP contribution in [0.15, 0.2) is 24.3 Å². The average Bonchev–Trinajstić information content (AvgIpc) is 2.88. The van der Waals surface area contributed by atoms with Crippen LogP contribution in [0.5, 0.6) is 0 Å². The van der Waals surface area contributed by atoms with Crippen molar-refractivity contribution in [2.24, 2.45) is 0 Å². The molecule has 0 saturated carbocycles. The van der Waals surface area contributed by atoms with Crippen LogP contribution in [0.1, 0.15) is 56.6 Å². The molecular weight excluding hydrogens is 260 g/mol. The summed E-state index contributed by atoms with van der Waals surface area (Å²) in [4.78, 5) is 0. The summed E-state index contributed by atoms with van der Waals surface area (Å²) in [5, 5.41) is 12.0. The molecule has 1 atom stereocenters. The van der Waals surface area contributed by atoms with E-state index in [4.69, 9.17) is 0 Å². The molecule has 0 spiro atoms. The van der Waals surface area contributed by atoms with Gasteiger partial charge in [-0.2, -0.15) is 0 Å². The molecule has 114 valence electrons. The zero-order valence-electron chi connectivity index (χ0n) is 13.6. The molecule has 0 saturated heterocycles. The highest BCUT2D eigenvalue weighted by Gasteiger charge is 2.15. The van der Waals surface area contributed by atoms with Gasteiger partial charge in [0.25, 0.3) is 0 Å². The zero-order valence-corrected chi connectivity index (χ0v) is 13.6. The number of hydrogen-bond donors (Lipinski definition) is 1. The molecule has 2 aromatic rings. The van der Waals surface area contributed by atoms with Crippen molar-refractivity contribution in [1.82, 2.24) is 20.3 Å². The highest BCUT2D eigenvalue weighted by Crippen LogP contribution is 2.18. The van der Waals surface area contributed by atoms with E-state index < -0.39 is 0 Å². The van der Waals surface area contributed by atoms with Crippen LogP contribution in [0.4, 0.5) is 0 Å². The van der Waals surface area contributed by atoms with Crippen LogP contribution in [-0.2, 0) is 6.42 Å². The van der Waals surface area contributed by atoms with Crippen LogP contribution in [0.3, 0.4) is 0 Å². The minimum absolute atomic E-state index is 0.229. The van der Waals surface area contributed by atoms with Gasteiger partial charge in [-0.15, -0.1) is 5.10 Å². The summed E-state index contributed by atoms with van der Waals surface area (Å²) < 4.78 is 1.92. The Morgan fingerprint density at radius 3 is 2.52 bits per heavy atom. The predicted octanol–water partition coefficient (Wildman–Crippen LogP) is 3.59. The Balaban J connectivity index is 2.18. The molecule has 1 unspecified atom stereocenters. The van der Waals surface area contributed by atoms with E-state index in [2.05, 4.69) is 67.6 Å². The largest absolute Gasteiger partial charge is 0.309 e. The highest BCUT2D eigenvalue weighted by molar-refractivity contribution is 5.36. The van der Waals surface area contributed by atoms with Crippen molar-refractivity contribution in [1.29, 1.82) is 0 Å². The molecule has 0 aliphatic rings. The van der Waals surface area contributed by atoms with Crippen LogP contribution in [0.25, 0.3) is 5.69 Å². The first kappa shape index (κ1) is 15.7. The number of rotatable bonds is 7. The molecule has 0 bridgehead atoms. The lowest BCUT2D eigenvalue weighted by Gasteiger charge is -2.10. The Bertz CT molecular complexity index is 557. The van der Waals surface area contributed by atoms with Crippen LogP contribution in [0.2, 0.25) is 0 Å². The fourth-order valence-corrected chi connectivity index (χ4v) is 2.57. The summed E-state index contributed by atoms with van der Waals surface area (Å²) in [6, 6.07) is 8.88. The van der Waals surface area contributed by atoms with E-state index in [9.17, 15) is 0 Å². The average molecular weight is 286 g/mol. The Morgan fingerprint density at radius 2 is 1.90 bits per heavy atom. The van der Waals surface area contributed by atoms with Crippen molar-refractivity contribution in [3.8, 4) is 5.69 Å². The van der Waals surface area contributed by atoms with Crippen LogP contribution in [0, 0.1) is 6.92 Å². The normalized spacial score (nSPS) is 12.6. The third-order valence-electron chi connectivity index (χ3n) is 3.85. The number of nitrogens with one attached hydrogen (secondary N) is 1. The highest BCUT2D eigenvalue weighted by atomic mass is 15.4. The molecule has 1 aromatic heterocycles. The van der Waals surface area contributed by atoms with Gasteiger partial charge in [-0.05, 0) is 50.9 Å². The lowest BCUT2D eigenvalue weighted by atomic mass is 10.1. The van der Waals surface area contributed by atoms with Crippen LogP contribution < -0.4 is 5.32 Å². The quantitative estimate of drug-likeness (QED) is 0.846. The second-order valence-corrected chi connectivity index (χ2v) is 5.52. The van der Waals surface area contributed by atoms with Crippen molar-refractivity contribution in [2.45, 2.75) is 53.0 Å². The van der Waals surface area contributed by atoms with Gasteiger partial charge in [-0.25, -0.2) is 4.68 Å². The van der Waals surface area contributed by atoms with Gasteiger partial charge in [0.2, 0.25) is 0 Å². The van der Waals surface area contributed by atoms with Crippen LogP contribution >= 0.6 is 0 Å². The van der Waals surface area contributed by atoms with E-state index in [1.807, 2.05) is 4.68 Å². The summed E-state index contributed by atoms with van der Waals surface area (Å²) >= 11 is 0. The minimum Gasteiger partial charge on any atom is -0.309 e. The first-order chi connectivity index (χ1) is 10.2. The van der Waals surface area contributed by atoms with Gasteiger partial charge in [0, 0.05) is 0 Å². The summed E-state index contributed by atoms with van der Waals surface area (Å²) in [7, 11) is 0. The molecule has 1 heterocycles.